The van der Waals surface area contributed by atoms with E-state index in [4.69, 9.17) is 19.4 Å². The van der Waals surface area contributed by atoms with Crippen molar-refractivity contribution >= 4 is 43.7 Å². The van der Waals surface area contributed by atoms with Gasteiger partial charge in [-0.25, -0.2) is 15.0 Å². The standard InChI is InChI=1S/C45H28N4O/c1-3-13-29(14-4-1)30-23-25-32(26-24-30)44-46-43(31-15-5-2-6-16-31)47-45(48-44)36-19-8-11-21-38(36)49-37-20-10-7-18-35(37)41-39(49)28-27-34-33-17-9-12-22-40(33)50-42(34)41/h1-28H. The third-order valence-electron chi connectivity index (χ3n) is 9.48. The predicted octanol–water partition coefficient (Wildman–Crippen LogP) is 11.5. The number of nitrogens with zero attached hydrogens (tertiary/aromatic N) is 4. The largest absolute Gasteiger partial charge is 0.455 e. The maximum Gasteiger partial charge on any atom is 0.166 e. The summed E-state index contributed by atoms with van der Waals surface area (Å²) in [5.41, 5.74) is 9.95. The van der Waals surface area contributed by atoms with Crippen molar-refractivity contribution in [3.8, 4) is 51.0 Å². The molecule has 0 radical (unpaired) electrons. The second-order valence-corrected chi connectivity index (χ2v) is 12.4. The summed E-state index contributed by atoms with van der Waals surface area (Å²) in [7, 11) is 0. The van der Waals surface area contributed by atoms with E-state index in [0.29, 0.717) is 17.5 Å². The zero-order valence-electron chi connectivity index (χ0n) is 26.9. The van der Waals surface area contributed by atoms with Crippen LogP contribution in [0.3, 0.4) is 0 Å². The Labute approximate surface area is 287 Å². The van der Waals surface area contributed by atoms with Crippen molar-refractivity contribution in [3.05, 3.63) is 170 Å². The molecule has 0 saturated heterocycles. The molecule has 0 aliphatic heterocycles. The molecule has 50 heavy (non-hydrogen) atoms. The summed E-state index contributed by atoms with van der Waals surface area (Å²) < 4.78 is 8.87. The fraction of sp³-hybridized carbons (Fsp3) is 0. The highest BCUT2D eigenvalue weighted by atomic mass is 16.3. The maximum absolute atomic E-state index is 6.56. The average Bonchev–Trinajstić information content (AvgIpc) is 3.74. The molecule has 0 spiro atoms. The first-order valence-corrected chi connectivity index (χ1v) is 16.7. The van der Waals surface area contributed by atoms with Crippen LogP contribution in [-0.2, 0) is 0 Å². The van der Waals surface area contributed by atoms with Gasteiger partial charge < -0.3 is 8.98 Å². The van der Waals surface area contributed by atoms with E-state index < -0.39 is 0 Å². The summed E-state index contributed by atoms with van der Waals surface area (Å²) in [4.78, 5) is 15.3. The molecule has 0 saturated carbocycles. The van der Waals surface area contributed by atoms with Gasteiger partial charge in [0.05, 0.1) is 22.1 Å². The Bertz CT molecular complexity index is 2850. The number of aromatic nitrogens is 4. The molecule has 234 valence electrons. The molecule has 3 heterocycles. The molecule has 0 amide bonds. The average molecular weight is 641 g/mol. The van der Waals surface area contributed by atoms with E-state index in [0.717, 1.165) is 71.7 Å². The number of benzene rings is 7. The first-order chi connectivity index (χ1) is 24.8. The van der Waals surface area contributed by atoms with Crippen molar-refractivity contribution in [2.24, 2.45) is 0 Å². The number of furan rings is 1. The Hall–Kier alpha value is -6.85. The zero-order chi connectivity index (χ0) is 33.0. The Kier molecular flexibility index (Phi) is 6.42. The van der Waals surface area contributed by atoms with Crippen LogP contribution in [0.25, 0.3) is 94.7 Å². The summed E-state index contributed by atoms with van der Waals surface area (Å²) in [6.07, 6.45) is 0. The van der Waals surface area contributed by atoms with Gasteiger partial charge in [0.1, 0.15) is 11.2 Å². The van der Waals surface area contributed by atoms with E-state index >= 15 is 0 Å². The molecule has 10 rings (SSSR count). The number of para-hydroxylation sites is 3. The molecule has 5 nitrogen and oxygen atoms in total. The van der Waals surface area contributed by atoms with Crippen molar-refractivity contribution in [2.45, 2.75) is 0 Å². The fourth-order valence-electron chi connectivity index (χ4n) is 7.14. The lowest BCUT2D eigenvalue weighted by Crippen LogP contribution is -2.03. The lowest BCUT2D eigenvalue weighted by atomic mass is 10.0. The molecule has 10 aromatic rings. The molecular formula is C45H28N4O. The van der Waals surface area contributed by atoms with Gasteiger partial charge in [-0.15, -0.1) is 0 Å². The van der Waals surface area contributed by atoms with E-state index in [1.807, 2.05) is 54.6 Å². The Morgan fingerprint density at radius 1 is 0.380 bits per heavy atom. The van der Waals surface area contributed by atoms with Crippen molar-refractivity contribution in [3.63, 3.8) is 0 Å². The topological polar surface area (TPSA) is 56.7 Å². The quantitative estimate of drug-likeness (QED) is 0.188. The van der Waals surface area contributed by atoms with Gasteiger partial charge in [-0.2, -0.15) is 0 Å². The molecule has 0 atom stereocenters. The highest BCUT2D eigenvalue weighted by Gasteiger charge is 2.21. The second kappa shape index (κ2) is 11.4. The van der Waals surface area contributed by atoms with E-state index in [-0.39, 0.29) is 0 Å². The minimum Gasteiger partial charge on any atom is -0.455 e. The number of rotatable bonds is 5. The van der Waals surface area contributed by atoms with Gasteiger partial charge in [0.25, 0.3) is 0 Å². The Morgan fingerprint density at radius 2 is 0.940 bits per heavy atom. The predicted molar refractivity (Wildman–Crippen MR) is 203 cm³/mol. The van der Waals surface area contributed by atoms with Crippen LogP contribution in [0.15, 0.2) is 174 Å². The van der Waals surface area contributed by atoms with Crippen molar-refractivity contribution < 1.29 is 4.42 Å². The van der Waals surface area contributed by atoms with Gasteiger partial charge in [-0.05, 0) is 47.5 Å². The van der Waals surface area contributed by atoms with Gasteiger partial charge in [0.2, 0.25) is 0 Å². The molecule has 0 aliphatic carbocycles. The number of fused-ring (bicyclic) bond motifs is 7. The van der Waals surface area contributed by atoms with Crippen LogP contribution in [0.4, 0.5) is 0 Å². The van der Waals surface area contributed by atoms with Crippen LogP contribution < -0.4 is 0 Å². The molecule has 7 aromatic carbocycles. The van der Waals surface area contributed by atoms with Crippen molar-refractivity contribution in [1.82, 2.24) is 19.5 Å². The Balaban J connectivity index is 1.20. The minimum atomic E-state index is 0.604. The van der Waals surface area contributed by atoms with E-state index in [2.05, 4.69) is 120 Å². The monoisotopic (exact) mass is 640 g/mol. The molecular weight excluding hydrogens is 613 g/mol. The van der Waals surface area contributed by atoms with Gasteiger partial charge >= 0.3 is 0 Å². The third-order valence-corrected chi connectivity index (χ3v) is 9.48. The van der Waals surface area contributed by atoms with Crippen LogP contribution in [0.1, 0.15) is 0 Å². The molecule has 0 aliphatic rings. The SMILES string of the molecule is c1ccc(-c2ccc(-c3nc(-c4ccccc4)nc(-c4ccccc4-n4c5ccccc5c5c6oc7ccccc7c6ccc54)n3)cc2)cc1. The van der Waals surface area contributed by atoms with E-state index in [1.54, 1.807) is 0 Å². The van der Waals surface area contributed by atoms with Gasteiger partial charge in [-0.3, -0.25) is 0 Å². The van der Waals surface area contributed by atoms with E-state index in [9.17, 15) is 0 Å². The molecule has 0 unspecified atom stereocenters. The summed E-state index contributed by atoms with van der Waals surface area (Å²) >= 11 is 0. The minimum absolute atomic E-state index is 0.604. The molecule has 3 aromatic heterocycles. The maximum atomic E-state index is 6.56. The fourth-order valence-corrected chi connectivity index (χ4v) is 7.14. The third kappa shape index (κ3) is 4.52. The summed E-state index contributed by atoms with van der Waals surface area (Å²) in [5.74, 6) is 1.85. The second-order valence-electron chi connectivity index (χ2n) is 12.4. The lowest BCUT2D eigenvalue weighted by Gasteiger charge is -2.14. The molecule has 0 bridgehead atoms. The summed E-state index contributed by atoms with van der Waals surface area (Å²) in [5, 5.41) is 4.44. The van der Waals surface area contributed by atoms with Crippen molar-refractivity contribution in [2.75, 3.05) is 0 Å². The normalized spacial score (nSPS) is 11.6. The summed E-state index contributed by atoms with van der Waals surface area (Å²) in [6.45, 7) is 0. The van der Waals surface area contributed by atoms with Crippen LogP contribution in [-0.4, -0.2) is 19.5 Å². The van der Waals surface area contributed by atoms with Crippen LogP contribution in [0.5, 0.6) is 0 Å². The Morgan fingerprint density at radius 3 is 1.72 bits per heavy atom. The van der Waals surface area contributed by atoms with Gasteiger partial charge in [-0.1, -0.05) is 133 Å². The van der Waals surface area contributed by atoms with Gasteiger partial charge in [0.15, 0.2) is 17.5 Å². The van der Waals surface area contributed by atoms with E-state index in [1.165, 1.54) is 5.56 Å². The number of hydrogen-bond donors (Lipinski definition) is 0. The van der Waals surface area contributed by atoms with Crippen molar-refractivity contribution in [1.29, 1.82) is 0 Å². The van der Waals surface area contributed by atoms with Crippen LogP contribution in [0.2, 0.25) is 0 Å². The lowest BCUT2D eigenvalue weighted by molar-refractivity contribution is 0.673. The number of hydrogen-bond acceptors (Lipinski definition) is 4. The van der Waals surface area contributed by atoms with Crippen LogP contribution >= 0.6 is 0 Å². The first-order valence-electron chi connectivity index (χ1n) is 16.7. The smallest absolute Gasteiger partial charge is 0.166 e. The highest BCUT2D eigenvalue weighted by Crippen LogP contribution is 2.42. The zero-order valence-corrected chi connectivity index (χ0v) is 26.9. The summed E-state index contributed by atoms with van der Waals surface area (Å²) in [6, 6.07) is 58.4. The van der Waals surface area contributed by atoms with Crippen LogP contribution in [0, 0.1) is 0 Å². The molecule has 0 N–H and O–H groups in total. The highest BCUT2D eigenvalue weighted by molar-refractivity contribution is 6.24. The first kappa shape index (κ1) is 28.2. The molecule has 0 fully saturated rings. The van der Waals surface area contributed by atoms with Gasteiger partial charge in [0, 0.05) is 32.8 Å². The molecule has 5 heteroatoms.